The smallest absolute Gasteiger partial charge is 0.235 e. The van der Waals surface area contributed by atoms with Gasteiger partial charge in [-0.1, -0.05) is 6.07 Å². The van der Waals surface area contributed by atoms with E-state index in [9.17, 15) is 4.79 Å². The van der Waals surface area contributed by atoms with Crippen molar-refractivity contribution in [2.75, 3.05) is 4.90 Å². The summed E-state index contributed by atoms with van der Waals surface area (Å²) in [4.78, 5) is 26.1. The largest absolute Gasteiger partial charge is 0.360 e. The van der Waals surface area contributed by atoms with Crippen molar-refractivity contribution in [1.82, 2.24) is 15.0 Å². The van der Waals surface area contributed by atoms with Crippen LogP contribution >= 0.6 is 0 Å². The molecule has 3 aromatic rings. The van der Waals surface area contributed by atoms with Crippen LogP contribution in [0.3, 0.4) is 0 Å². The molecule has 3 aromatic heterocycles. The molecule has 104 valence electrons. The maximum absolute atomic E-state index is 12.7. The molecule has 0 bridgehead atoms. The van der Waals surface area contributed by atoms with E-state index in [1.165, 1.54) is 0 Å². The van der Waals surface area contributed by atoms with Gasteiger partial charge in [0.25, 0.3) is 0 Å². The lowest BCUT2D eigenvalue weighted by Crippen LogP contribution is -2.28. The standard InChI is InChI=1S/C16H14N4O/c21-16(11-4-5-11)20(15-3-1-2-7-19-15)14-10-17-9-13-12(14)6-8-18-13/h1-3,6-11,18H,4-5H2. The SMILES string of the molecule is O=C(C1CC1)N(c1ccccn1)c1cncc2[nH]ccc12. The number of nitrogens with zero attached hydrogens (tertiary/aromatic N) is 3. The minimum absolute atomic E-state index is 0.101. The zero-order chi connectivity index (χ0) is 14.2. The van der Waals surface area contributed by atoms with Crippen LogP contribution < -0.4 is 4.90 Å². The Kier molecular flexibility index (Phi) is 2.70. The van der Waals surface area contributed by atoms with E-state index in [1.807, 2.05) is 30.5 Å². The average Bonchev–Trinajstić information content (AvgIpc) is 3.26. The third-order valence-electron chi connectivity index (χ3n) is 3.72. The summed E-state index contributed by atoms with van der Waals surface area (Å²) in [5.74, 6) is 0.857. The summed E-state index contributed by atoms with van der Waals surface area (Å²) in [6, 6.07) is 7.55. The first-order valence-electron chi connectivity index (χ1n) is 7.01. The molecule has 4 rings (SSSR count). The summed E-state index contributed by atoms with van der Waals surface area (Å²) < 4.78 is 0. The van der Waals surface area contributed by atoms with E-state index in [0.717, 1.165) is 29.4 Å². The van der Waals surface area contributed by atoms with Gasteiger partial charge in [-0.05, 0) is 31.0 Å². The quantitative estimate of drug-likeness (QED) is 0.801. The molecule has 0 aromatic carbocycles. The Morgan fingerprint density at radius 2 is 2.14 bits per heavy atom. The van der Waals surface area contributed by atoms with Gasteiger partial charge in [-0.3, -0.25) is 14.7 Å². The summed E-state index contributed by atoms with van der Waals surface area (Å²) in [6.45, 7) is 0. The summed E-state index contributed by atoms with van der Waals surface area (Å²) in [6.07, 6.45) is 8.96. The molecule has 0 radical (unpaired) electrons. The molecule has 1 aliphatic carbocycles. The molecule has 0 saturated heterocycles. The van der Waals surface area contributed by atoms with Gasteiger partial charge >= 0.3 is 0 Å². The predicted molar refractivity (Wildman–Crippen MR) is 80.2 cm³/mol. The Morgan fingerprint density at radius 3 is 2.90 bits per heavy atom. The Hall–Kier alpha value is -2.69. The number of pyridine rings is 2. The molecule has 0 atom stereocenters. The Bertz CT molecular complexity index is 792. The van der Waals surface area contributed by atoms with Crippen molar-refractivity contribution in [3.8, 4) is 0 Å². The number of hydrogen-bond donors (Lipinski definition) is 1. The number of carbonyl (C=O) groups is 1. The van der Waals surface area contributed by atoms with Crippen molar-refractivity contribution < 1.29 is 4.79 Å². The van der Waals surface area contributed by atoms with Crippen molar-refractivity contribution in [1.29, 1.82) is 0 Å². The highest BCUT2D eigenvalue weighted by Gasteiger charge is 2.36. The number of carbonyl (C=O) groups excluding carboxylic acids is 1. The predicted octanol–water partition coefficient (Wildman–Crippen LogP) is 3.03. The highest BCUT2D eigenvalue weighted by atomic mass is 16.2. The van der Waals surface area contributed by atoms with E-state index in [1.54, 1.807) is 23.5 Å². The van der Waals surface area contributed by atoms with E-state index in [4.69, 9.17) is 0 Å². The van der Waals surface area contributed by atoms with Gasteiger partial charge in [-0.2, -0.15) is 0 Å². The van der Waals surface area contributed by atoms with Gasteiger partial charge in [-0.25, -0.2) is 4.98 Å². The Labute approximate surface area is 121 Å². The second-order valence-corrected chi connectivity index (χ2v) is 5.23. The fraction of sp³-hybridized carbons (Fsp3) is 0.188. The highest BCUT2D eigenvalue weighted by molar-refractivity contribution is 6.08. The summed E-state index contributed by atoms with van der Waals surface area (Å²) in [5, 5.41) is 0.977. The number of rotatable bonds is 3. The third-order valence-corrected chi connectivity index (χ3v) is 3.72. The molecule has 0 unspecified atom stereocenters. The first kappa shape index (κ1) is 12.1. The fourth-order valence-corrected chi connectivity index (χ4v) is 2.50. The van der Waals surface area contributed by atoms with Crippen molar-refractivity contribution in [2.24, 2.45) is 5.92 Å². The van der Waals surface area contributed by atoms with Gasteiger partial charge in [0.05, 0.1) is 23.6 Å². The monoisotopic (exact) mass is 278 g/mol. The van der Waals surface area contributed by atoms with Crippen LogP contribution in [0.1, 0.15) is 12.8 Å². The lowest BCUT2D eigenvalue weighted by Gasteiger charge is -2.22. The van der Waals surface area contributed by atoms with Crippen LogP contribution in [0.2, 0.25) is 0 Å². The van der Waals surface area contributed by atoms with Gasteiger partial charge < -0.3 is 4.98 Å². The molecule has 0 aliphatic heterocycles. The molecule has 21 heavy (non-hydrogen) atoms. The third kappa shape index (κ3) is 2.07. The lowest BCUT2D eigenvalue weighted by atomic mass is 10.2. The Morgan fingerprint density at radius 1 is 1.24 bits per heavy atom. The first-order chi connectivity index (χ1) is 10.3. The number of amides is 1. The van der Waals surface area contributed by atoms with E-state index in [2.05, 4.69) is 15.0 Å². The topological polar surface area (TPSA) is 61.9 Å². The van der Waals surface area contributed by atoms with Crippen LogP contribution in [0.5, 0.6) is 0 Å². The van der Waals surface area contributed by atoms with E-state index >= 15 is 0 Å². The number of fused-ring (bicyclic) bond motifs is 1. The van der Waals surface area contributed by atoms with E-state index < -0.39 is 0 Å². The summed E-state index contributed by atoms with van der Waals surface area (Å²) in [7, 11) is 0. The number of anilines is 2. The van der Waals surface area contributed by atoms with Gasteiger partial charge in [0.1, 0.15) is 5.82 Å². The number of H-pyrrole nitrogens is 1. The zero-order valence-electron chi connectivity index (χ0n) is 11.4. The molecule has 1 N–H and O–H groups in total. The maximum atomic E-state index is 12.7. The van der Waals surface area contributed by atoms with Gasteiger partial charge in [0.15, 0.2) is 0 Å². The normalized spacial score (nSPS) is 14.3. The number of aromatic nitrogens is 3. The minimum Gasteiger partial charge on any atom is -0.360 e. The molecule has 3 heterocycles. The molecule has 0 spiro atoms. The van der Waals surface area contributed by atoms with Crippen molar-refractivity contribution in [3.05, 3.63) is 49.1 Å². The zero-order valence-corrected chi connectivity index (χ0v) is 11.4. The average molecular weight is 278 g/mol. The molecule has 1 aliphatic rings. The minimum atomic E-state index is 0.101. The van der Waals surface area contributed by atoms with Gasteiger partial charge in [-0.15, -0.1) is 0 Å². The number of aromatic amines is 1. The second kappa shape index (κ2) is 4.70. The number of nitrogens with one attached hydrogen (secondary N) is 1. The van der Waals surface area contributed by atoms with E-state index in [-0.39, 0.29) is 11.8 Å². The second-order valence-electron chi connectivity index (χ2n) is 5.23. The Balaban J connectivity index is 1.89. The van der Waals surface area contributed by atoms with Crippen LogP contribution in [-0.4, -0.2) is 20.9 Å². The first-order valence-corrected chi connectivity index (χ1v) is 7.01. The van der Waals surface area contributed by atoms with Crippen LogP contribution in [-0.2, 0) is 4.79 Å². The summed E-state index contributed by atoms with van der Waals surface area (Å²) >= 11 is 0. The number of hydrogen-bond acceptors (Lipinski definition) is 3. The molecular formula is C16H14N4O. The fourth-order valence-electron chi connectivity index (χ4n) is 2.50. The lowest BCUT2D eigenvalue weighted by molar-refractivity contribution is -0.119. The van der Waals surface area contributed by atoms with Crippen LogP contribution in [0, 0.1) is 5.92 Å². The molecule has 1 amide bonds. The van der Waals surface area contributed by atoms with Gasteiger partial charge in [0.2, 0.25) is 5.91 Å². The summed E-state index contributed by atoms with van der Waals surface area (Å²) in [5.41, 5.74) is 1.70. The molecule has 5 heteroatoms. The van der Waals surface area contributed by atoms with Crippen molar-refractivity contribution in [2.45, 2.75) is 12.8 Å². The van der Waals surface area contributed by atoms with Gasteiger partial charge in [0, 0.05) is 23.7 Å². The van der Waals surface area contributed by atoms with E-state index in [0.29, 0.717) is 5.82 Å². The van der Waals surface area contributed by atoms with Crippen LogP contribution in [0.25, 0.3) is 10.9 Å². The molecule has 1 fully saturated rings. The molecule has 1 saturated carbocycles. The maximum Gasteiger partial charge on any atom is 0.235 e. The van der Waals surface area contributed by atoms with Crippen molar-refractivity contribution >= 4 is 28.3 Å². The van der Waals surface area contributed by atoms with Crippen molar-refractivity contribution in [3.63, 3.8) is 0 Å². The molecule has 5 nitrogen and oxygen atoms in total. The van der Waals surface area contributed by atoms with Crippen LogP contribution in [0.15, 0.2) is 49.1 Å². The molecular weight excluding hydrogens is 264 g/mol. The van der Waals surface area contributed by atoms with Crippen LogP contribution in [0.4, 0.5) is 11.5 Å². The highest BCUT2D eigenvalue weighted by Crippen LogP contribution is 2.37.